The van der Waals surface area contributed by atoms with Crippen LogP contribution in [0.25, 0.3) is 0 Å². The van der Waals surface area contributed by atoms with Crippen LogP contribution in [0.5, 0.6) is 0 Å². The summed E-state index contributed by atoms with van der Waals surface area (Å²) in [5.41, 5.74) is 10.0. The summed E-state index contributed by atoms with van der Waals surface area (Å²) < 4.78 is 5.12. The molecule has 4 heteroatoms. The molecule has 0 aliphatic carbocycles. The molecule has 0 spiro atoms. The highest BCUT2D eigenvalue weighted by molar-refractivity contribution is 5.75. The third kappa shape index (κ3) is 3.28. The molecule has 2 rings (SSSR count). The van der Waals surface area contributed by atoms with E-state index in [1.165, 1.54) is 0 Å². The Morgan fingerprint density at radius 2 is 2.00 bits per heavy atom. The van der Waals surface area contributed by atoms with Gasteiger partial charge in [0.15, 0.2) is 0 Å². The van der Waals surface area contributed by atoms with Crippen LogP contribution in [0.4, 0.5) is 17.1 Å². The lowest BCUT2D eigenvalue weighted by molar-refractivity contribution is 0.202. The number of nitrogen functional groups attached to an aromatic ring is 1. The largest absolute Gasteiger partial charge is 0.397 e. The third-order valence-electron chi connectivity index (χ3n) is 3.04. The highest BCUT2D eigenvalue weighted by Gasteiger charge is 2.05. The fourth-order valence-corrected chi connectivity index (χ4v) is 1.96. The summed E-state index contributed by atoms with van der Waals surface area (Å²) in [6.45, 7) is 0.668. The van der Waals surface area contributed by atoms with Crippen molar-refractivity contribution in [2.45, 2.75) is 6.42 Å². The van der Waals surface area contributed by atoms with Crippen LogP contribution in [-0.2, 0) is 11.2 Å². The number of methoxy groups -OCH3 is 1. The molecule has 0 bridgehead atoms. The lowest BCUT2D eigenvalue weighted by Gasteiger charge is -2.13. The van der Waals surface area contributed by atoms with Gasteiger partial charge in [0, 0.05) is 12.8 Å². The van der Waals surface area contributed by atoms with Gasteiger partial charge in [-0.1, -0.05) is 18.2 Å². The first-order chi connectivity index (χ1) is 9.74. The van der Waals surface area contributed by atoms with Gasteiger partial charge in [-0.25, -0.2) is 0 Å². The van der Waals surface area contributed by atoms with Crippen LogP contribution in [-0.4, -0.2) is 13.7 Å². The molecule has 0 aliphatic heterocycles. The smallest absolute Gasteiger partial charge is 0.0992 e. The Hall–Kier alpha value is -2.51. The predicted octanol–water partition coefficient (Wildman–Crippen LogP) is 3.07. The molecule has 0 atom stereocenters. The van der Waals surface area contributed by atoms with Gasteiger partial charge in [0.05, 0.1) is 29.6 Å². The summed E-state index contributed by atoms with van der Waals surface area (Å²) in [7, 11) is 1.69. The molecular weight excluding hydrogens is 250 g/mol. The van der Waals surface area contributed by atoms with Gasteiger partial charge < -0.3 is 15.8 Å². The van der Waals surface area contributed by atoms with Gasteiger partial charge in [-0.15, -0.1) is 0 Å². The summed E-state index contributed by atoms with van der Waals surface area (Å²) in [6, 6.07) is 15.3. The second kappa shape index (κ2) is 6.60. The molecule has 0 radical (unpaired) electrons. The third-order valence-corrected chi connectivity index (χ3v) is 3.04. The minimum absolute atomic E-state index is 0.556. The zero-order valence-electron chi connectivity index (χ0n) is 11.4. The maximum Gasteiger partial charge on any atom is 0.0992 e. The van der Waals surface area contributed by atoms with Crippen LogP contribution < -0.4 is 11.1 Å². The van der Waals surface area contributed by atoms with Gasteiger partial charge in [-0.2, -0.15) is 5.26 Å². The minimum Gasteiger partial charge on any atom is -0.397 e. The first-order valence-electron chi connectivity index (χ1n) is 6.38. The van der Waals surface area contributed by atoms with E-state index in [9.17, 15) is 0 Å². The van der Waals surface area contributed by atoms with Crippen molar-refractivity contribution in [3.05, 3.63) is 53.6 Å². The van der Waals surface area contributed by atoms with Crippen LogP contribution in [0.15, 0.2) is 42.5 Å². The molecule has 2 aromatic rings. The second-order valence-electron chi connectivity index (χ2n) is 4.44. The van der Waals surface area contributed by atoms with Gasteiger partial charge in [0.1, 0.15) is 0 Å². The Balaban J connectivity index is 2.24. The van der Waals surface area contributed by atoms with Gasteiger partial charge in [0.25, 0.3) is 0 Å². The van der Waals surface area contributed by atoms with Crippen LogP contribution in [0.2, 0.25) is 0 Å². The topological polar surface area (TPSA) is 71.1 Å². The van der Waals surface area contributed by atoms with Crippen molar-refractivity contribution < 1.29 is 4.74 Å². The monoisotopic (exact) mass is 267 g/mol. The lowest BCUT2D eigenvalue weighted by atomic mass is 10.1. The van der Waals surface area contributed by atoms with Gasteiger partial charge in [-0.3, -0.25) is 0 Å². The van der Waals surface area contributed by atoms with Crippen LogP contribution in [0, 0.1) is 11.3 Å². The molecule has 102 valence electrons. The number of nitrogens with one attached hydrogen (secondary N) is 1. The van der Waals surface area contributed by atoms with E-state index in [-0.39, 0.29) is 0 Å². The van der Waals surface area contributed by atoms with Gasteiger partial charge in [0.2, 0.25) is 0 Å². The Labute approximate surface area is 118 Å². The van der Waals surface area contributed by atoms with E-state index in [4.69, 9.17) is 15.7 Å². The summed E-state index contributed by atoms with van der Waals surface area (Å²) in [5.74, 6) is 0. The summed E-state index contributed by atoms with van der Waals surface area (Å²) in [5, 5.41) is 12.2. The highest BCUT2D eigenvalue weighted by atomic mass is 16.5. The second-order valence-corrected chi connectivity index (χ2v) is 4.44. The summed E-state index contributed by atoms with van der Waals surface area (Å²) in [4.78, 5) is 0. The number of hydrogen-bond donors (Lipinski definition) is 2. The fourth-order valence-electron chi connectivity index (χ4n) is 1.96. The molecule has 0 amide bonds. The molecular formula is C16H17N3O. The fraction of sp³-hybridized carbons (Fsp3) is 0.188. The minimum atomic E-state index is 0.556. The highest BCUT2D eigenvalue weighted by Crippen LogP contribution is 2.26. The number of nitrogens with zero attached hydrogens (tertiary/aromatic N) is 1. The Morgan fingerprint density at radius 3 is 2.70 bits per heavy atom. The Kier molecular flexibility index (Phi) is 4.59. The number of benzene rings is 2. The van der Waals surface area contributed by atoms with E-state index in [1.807, 2.05) is 24.3 Å². The molecule has 0 aromatic heterocycles. The number of ether oxygens (including phenoxy) is 1. The first kappa shape index (κ1) is 13.9. The number of nitriles is 1. The van der Waals surface area contributed by atoms with Crippen molar-refractivity contribution in [1.29, 1.82) is 5.26 Å². The molecule has 3 N–H and O–H groups in total. The Morgan fingerprint density at radius 1 is 1.20 bits per heavy atom. The molecule has 0 fully saturated rings. The molecule has 0 heterocycles. The van der Waals surface area contributed by atoms with Crippen molar-refractivity contribution >= 4 is 17.1 Å². The zero-order chi connectivity index (χ0) is 14.4. The van der Waals surface area contributed by atoms with E-state index in [0.717, 1.165) is 23.4 Å². The molecule has 0 aliphatic rings. The summed E-state index contributed by atoms with van der Waals surface area (Å²) in [6.07, 6.45) is 0.829. The van der Waals surface area contributed by atoms with Crippen molar-refractivity contribution in [2.75, 3.05) is 24.8 Å². The van der Waals surface area contributed by atoms with E-state index in [2.05, 4.69) is 17.5 Å². The van der Waals surface area contributed by atoms with Crippen molar-refractivity contribution in [3.63, 3.8) is 0 Å². The Bertz CT molecular complexity index is 632. The quantitative estimate of drug-likeness (QED) is 0.817. The molecule has 20 heavy (non-hydrogen) atoms. The van der Waals surface area contributed by atoms with Gasteiger partial charge >= 0.3 is 0 Å². The number of rotatable bonds is 5. The lowest BCUT2D eigenvalue weighted by Crippen LogP contribution is -2.02. The molecule has 2 aromatic carbocycles. The van der Waals surface area contributed by atoms with Crippen molar-refractivity contribution in [1.82, 2.24) is 0 Å². The number of hydrogen-bond acceptors (Lipinski definition) is 4. The standard InChI is InChI=1S/C16H17N3O/c1-20-9-8-13-4-2-3-5-15(13)19-16-7-6-12(11-17)10-14(16)18/h2-7,10,19H,8-9,18H2,1H3. The molecule has 0 saturated carbocycles. The van der Waals surface area contributed by atoms with E-state index < -0.39 is 0 Å². The average molecular weight is 267 g/mol. The predicted molar refractivity (Wildman–Crippen MR) is 80.9 cm³/mol. The maximum absolute atomic E-state index is 8.84. The van der Waals surface area contributed by atoms with Crippen molar-refractivity contribution in [3.8, 4) is 6.07 Å². The number of nitrogens with two attached hydrogens (primary N) is 1. The molecule has 0 saturated heterocycles. The van der Waals surface area contributed by atoms with E-state index in [0.29, 0.717) is 17.9 Å². The zero-order valence-corrected chi connectivity index (χ0v) is 11.4. The first-order valence-corrected chi connectivity index (χ1v) is 6.38. The normalized spacial score (nSPS) is 10.0. The maximum atomic E-state index is 8.84. The number of anilines is 3. The number of para-hydroxylation sites is 1. The van der Waals surface area contributed by atoms with E-state index >= 15 is 0 Å². The summed E-state index contributed by atoms with van der Waals surface area (Å²) >= 11 is 0. The van der Waals surface area contributed by atoms with Gasteiger partial charge in [-0.05, 0) is 36.2 Å². The van der Waals surface area contributed by atoms with Crippen LogP contribution in [0.1, 0.15) is 11.1 Å². The average Bonchev–Trinajstić information content (AvgIpc) is 2.48. The SMILES string of the molecule is COCCc1ccccc1Nc1ccc(C#N)cc1N. The van der Waals surface area contributed by atoms with E-state index in [1.54, 1.807) is 19.2 Å². The van der Waals surface area contributed by atoms with Crippen LogP contribution >= 0.6 is 0 Å². The molecule has 0 unspecified atom stereocenters. The van der Waals surface area contributed by atoms with Crippen molar-refractivity contribution in [2.24, 2.45) is 0 Å². The van der Waals surface area contributed by atoms with Crippen LogP contribution in [0.3, 0.4) is 0 Å². The molecule has 4 nitrogen and oxygen atoms in total.